The van der Waals surface area contributed by atoms with E-state index in [1.807, 2.05) is 0 Å². The van der Waals surface area contributed by atoms with E-state index in [9.17, 15) is 14.7 Å². The Bertz CT molecular complexity index is 372. The number of carbonyl (C=O) groups excluding carboxylic acids is 1. The molecule has 0 aromatic heterocycles. The van der Waals surface area contributed by atoms with Crippen LogP contribution in [-0.2, 0) is 4.79 Å². The summed E-state index contributed by atoms with van der Waals surface area (Å²) in [7, 11) is 0. The number of nitrogens with zero attached hydrogens (tertiary/aromatic N) is 1. The van der Waals surface area contributed by atoms with E-state index in [0.717, 1.165) is 25.7 Å². The zero-order chi connectivity index (χ0) is 14.0. The molecule has 2 amide bonds. The van der Waals surface area contributed by atoms with Gasteiger partial charge in [0.1, 0.15) is 0 Å². The molecule has 1 aliphatic carbocycles. The van der Waals surface area contributed by atoms with Crippen LogP contribution in [-0.4, -0.2) is 41.1 Å². The summed E-state index contributed by atoms with van der Waals surface area (Å²) < 4.78 is 0. The van der Waals surface area contributed by atoms with Crippen LogP contribution < -0.4 is 5.32 Å². The molecule has 2 N–H and O–H groups in total. The van der Waals surface area contributed by atoms with Gasteiger partial charge in [-0.25, -0.2) is 4.79 Å². The molecule has 1 saturated carbocycles. The minimum atomic E-state index is -0.806. The molecular weight excluding hydrogens is 244 g/mol. The van der Waals surface area contributed by atoms with Crippen molar-refractivity contribution in [2.24, 2.45) is 11.3 Å². The maximum Gasteiger partial charge on any atom is 0.317 e. The van der Waals surface area contributed by atoms with Crippen molar-refractivity contribution in [3.63, 3.8) is 0 Å². The third-order valence-corrected chi connectivity index (χ3v) is 4.52. The van der Waals surface area contributed by atoms with E-state index in [2.05, 4.69) is 12.2 Å². The molecule has 5 heteroatoms. The first-order chi connectivity index (χ1) is 8.90. The smallest absolute Gasteiger partial charge is 0.317 e. The number of likely N-dealkylation sites (tertiary alicyclic amines) is 1. The Kier molecular flexibility index (Phi) is 4.02. The minimum Gasteiger partial charge on any atom is -0.481 e. The predicted molar refractivity (Wildman–Crippen MR) is 71.9 cm³/mol. The summed E-state index contributed by atoms with van der Waals surface area (Å²) in [5.74, 6) is -0.129. The van der Waals surface area contributed by atoms with Crippen molar-refractivity contribution in [2.75, 3.05) is 13.1 Å². The zero-order valence-corrected chi connectivity index (χ0v) is 11.8. The van der Waals surface area contributed by atoms with Gasteiger partial charge in [-0.1, -0.05) is 6.92 Å². The van der Waals surface area contributed by atoms with Crippen molar-refractivity contribution in [1.82, 2.24) is 10.2 Å². The fourth-order valence-electron chi connectivity index (χ4n) is 3.19. The van der Waals surface area contributed by atoms with Crippen LogP contribution in [0.2, 0.25) is 0 Å². The summed E-state index contributed by atoms with van der Waals surface area (Å²) in [5.41, 5.74) is -0.793. The van der Waals surface area contributed by atoms with Crippen molar-refractivity contribution < 1.29 is 14.7 Å². The maximum absolute atomic E-state index is 12.2. The molecule has 1 aliphatic heterocycles. The second-order valence-corrected chi connectivity index (χ2v) is 6.46. The fraction of sp³-hybridized carbons (Fsp3) is 0.857. The quantitative estimate of drug-likeness (QED) is 0.805. The maximum atomic E-state index is 12.2. The van der Waals surface area contributed by atoms with E-state index in [4.69, 9.17) is 0 Å². The van der Waals surface area contributed by atoms with E-state index >= 15 is 0 Å². The lowest BCUT2D eigenvalue weighted by atomic mass is 9.82. The highest BCUT2D eigenvalue weighted by Gasteiger charge is 2.39. The van der Waals surface area contributed by atoms with Crippen LogP contribution in [0.15, 0.2) is 0 Å². The largest absolute Gasteiger partial charge is 0.481 e. The summed E-state index contributed by atoms with van der Waals surface area (Å²) >= 11 is 0. The van der Waals surface area contributed by atoms with Crippen molar-refractivity contribution in [1.29, 1.82) is 0 Å². The van der Waals surface area contributed by atoms with Crippen LogP contribution in [0.25, 0.3) is 0 Å². The molecule has 2 rings (SSSR count). The third kappa shape index (κ3) is 3.19. The first-order valence-corrected chi connectivity index (χ1v) is 7.19. The number of hydrogen-bond acceptors (Lipinski definition) is 2. The van der Waals surface area contributed by atoms with E-state index < -0.39 is 11.4 Å². The van der Waals surface area contributed by atoms with Crippen molar-refractivity contribution in [3.8, 4) is 0 Å². The molecule has 108 valence electrons. The average Bonchev–Trinajstić information content (AvgIpc) is 2.74. The summed E-state index contributed by atoms with van der Waals surface area (Å²) in [5, 5.41) is 12.3. The van der Waals surface area contributed by atoms with Gasteiger partial charge in [0.15, 0.2) is 0 Å². The number of hydrogen-bond donors (Lipinski definition) is 2. The molecule has 3 atom stereocenters. The van der Waals surface area contributed by atoms with Crippen molar-refractivity contribution in [3.05, 3.63) is 0 Å². The first-order valence-electron chi connectivity index (χ1n) is 7.19. The number of piperidine rings is 1. The zero-order valence-electron chi connectivity index (χ0n) is 11.8. The second kappa shape index (κ2) is 5.39. The van der Waals surface area contributed by atoms with Crippen LogP contribution in [0.4, 0.5) is 4.79 Å². The molecule has 2 fully saturated rings. The number of urea groups is 1. The Morgan fingerprint density at radius 2 is 2.11 bits per heavy atom. The van der Waals surface area contributed by atoms with Gasteiger partial charge >= 0.3 is 12.0 Å². The van der Waals surface area contributed by atoms with Gasteiger partial charge in [0.2, 0.25) is 0 Å². The lowest BCUT2D eigenvalue weighted by Crippen LogP contribution is -2.52. The Hall–Kier alpha value is -1.26. The Morgan fingerprint density at radius 3 is 2.68 bits per heavy atom. The van der Waals surface area contributed by atoms with Crippen LogP contribution >= 0.6 is 0 Å². The Balaban J connectivity index is 1.90. The predicted octanol–water partition coefficient (Wildman–Crippen LogP) is 2.07. The SMILES string of the molecule is CC1CCC(NC(=O)N2CCCC(C)(C(=O)O)C2)C1. The molecular formula is C14H24N2O3. The van der Waals surface area contributed by atoms with Gasteiger partial charge in [-0.3, -0.25) is 4.79 Å². The summed E-state index contributed by atoms with van der Waals surface area (Å²) in [6.45, 7) is 4.91. The Morgan fingerprint density at radius 1 is 1.37 bits per heavy atom. The highest BCUT2D eigenvalue weighted by atomic mass is 16.4. The highest BCUT2D eigenvalue weighted by molar-refractivity contribution is 5.78. The Labute approximate surface area is 114 Å². The van der Waals surface area contributed by atoms with Crippen LogP contribution in [0, 0.1) is 11.3 Å². The van der Waals surface area contributed by atoms with Gasteiger partial charge in [0.05, 0.1) is 5.41 Å². The summed E-state index contributed by atoms with van der Waals surface area (Å²) in [6, 6.07) is 0.173. The number of carbonyl (C=O) groups is 2. The lowest BCUT2D eigenvalue weighted by Gasteiger charge is -2.37. The van der Waals surface area contributed by atoms with E-state index in [-0.39, 0.29) is 12.1 Å². The van der Waals surface area contributed by atoms with E-state index in [1.165, 1.54) is 0 Å². The van der Waals surface area contributed by atoms with Crippen molar-refractivity contribution in [2.45, 2.75) is 52.0 Å². The lowest BCUT2D eigenvalue weighted by molar-refractivity contribution is -0.150. The average molecular weight is 268 g/mol. The summed E-state index contributed by atoms with van der Waals surface area (Å²) in [6.07, 6.45) is 4.65. The van der Waals surface area contributed by atoms with Gasteiger partial charge in [-0.15, -0.1) is 0 Å². The van der Waals surface area contributed by atoms with Crippen molar-refractivity contribution >= 4 is 12.0 Å². The molecule has 1 saturated heterocycles. The van der Waals surface area contributed by atoms with Crippen LogP contribution in [0.3, 0.4) is 0 Å². The number of carboxylic acid groups (broad SMARTS) is 1. The fourth-order valence-corrected chi connectivity index (χ4v) is 3.19. The first kappa shape index (κ1) is 14.2. The van der Waals surface area contributed by atoms with Crippen LogP contribution in [0.5, 0.6) is 0 Å². The molecule has 3 unspecified atom stereocenters. The molecule has 0 bridgehead atoms. The van der Waals surface area contributed by atoms with E-state index in [0.29, 0.717) is 25.4 Å². The molecule has 0 radical (unpaired) electrons. The van der Waals surface area contributed by atoms with Gasteiger partial charge < -0.3 is 15.3 Å². The minimum absolute atomic E-state index is 0.0914. The molecule has 1 heterocycles. The van der Waals surface area contributed by atoms with Gasteiger partial charge in [0.25, 0.3) is 0 Å². The number of aliphatic carboxylic acids is 1. The number of nitrogens with one attached hydrogen (secondary N) is 1. The number of carboxylic acids is 1. The number of amides is 2. The molecule has 0 aromatic rings. The number of rotatable bonds is 2. The standard InChI is InChI=1S/C14H24N2O3/c1-10-4-5-11(8-10)15-13(19)16-7-3-6-14(2,9-16)12(17)18/h10-11H,3-9H2,1-2H3,(H,15,19)(H,17,18). The molecule has 0 spiro atoms. The second-order valence-electron chi connectivity index (χ2n) is 6.46. The molecule has 0 aromatic carbocycles. The molecule has 5 nitrogen and oxygen atoms in total. The monoisotopic (exact) mass is 268 g/mol. The topological polar surface area (TPSA) is 69.6 Å². The molecule has 19 heavy (non-hydrogen) atoms. The van der Waals surface area contributed by atoms with E-state index in [1.54, 1.807) is 11.8 Å². The highest BCUT2D eigenvalue weighted by Crippen LogP contribution is 2.30. The normalized spacial score (nSPS) is 35.2. The third-order valence-electron chi connectivity index (χ3n) is 4.52. The summed E-state index contributed by atoms with van der Waals surface area (Å²) in [4.78, 5) is 25.1. The van der Waals surface area contributed by atoms with Gasteiger partial charge in [-0.05, 0) is 44.9 Å². The van der Waals surface area contributed by atoms with Gasteiger partial charge in [-0.2, -0.15) is 0 Å². The van der Waals surface area contributed by atoms with Gasteiger partial charge in [0, 0.05) is 19.1 Å². The van der Waals surface area contributed by atoms with Crippen LogP contribution in [0.1, 0.15) is 46.0 Å². The molecule has 2 aliphatic rings.